The van der Waals surface area contributed by atoms with E-state index in [1.165, 1.54) is 19.3 Å². The van der Waals surface area contributed by atoms with Gasteiger partial charge in [0.1, 0.15) is 0 Å². The summed E-state index contributed by atoms with van der Waals surface area (Å²) in [6, 6.07) is 0.509. The number of rotatable bonds is 1. The van der Waals surface area contributed by atoms with Crippen LogP contribution in [-0.2, 0) is 4.74 Å². The molecule has 2 aliphatic rings. The molecule has 2 rings (SSSR count). The molecule has 1 aliphatic heterocycles. The van der Waals surface area contributed by atoms with Gasteiger partial charge in [-0.3, -0.25) is 5.32 Å². The highest BCUT2D eigenvalue weighted by Crippen LogP contribution is 2.34. The zero-order valence-corrected chi connectivity index (χ0v) is 6.82. The molecule has 4 heteroatoms. The second-order valence-electron chi connectivity index (χ2n) is 3.57. The van der Waals surface area contributed by atoms with Crippen molar-refractivity contribution in [2.24, 2.45) is 5.92 Å². The molecule has 0 amide bonds. The molecule has 2 N–H and O–H groups in total. The molecule has 0 spiro atoms. The van der Waals surface area contributed by atoms with Crippen LogP contribution in [-0.4, -0.2) is 23.5 Å². The number of nitrogens with one attached hydrogen (secondary N) is 1. The number of ether oxygens (including phenoxy) is 1. The first-order valence-electron chi connectivity index (χ1n) is 4.41. The molecule has 1 saturated heterocycles. The Morgan fingerprint density at radius 1 is 1.50 bits per heavy atom. The molecule has 0 aromatic carbocycles. The minimum atomic E-state index is -1.17. The van der Waals surface area contributed by atoms with Crippen LogP contribution in [0.25, 0.3) is 0 Å². The standard InChI is InChI=1S/C8H13NO3/c10-8(11)12-7-4-5-2-1-3-6(5)9-7/h5-7,9H,1-4H2,(H,10,11)/t5?,6-,7?/m0/s1. The van der Waals surface area contributed by atoms with Crippen molar-refractivity contribution < 1.29 is 14.6 Å². The summed E-state index contributed by atoms with van der Waals surface area (Å²) < 4.78 is 4.65. The first-order valence-corrected chi connectivity index (χ1v) is 4.41. The van der Waals surface area contributed by atoms with Crippen LogP contribution in [0.4, 0.5) is 4.79 Å². The SMILES string of the molecule is O=C(O)OC1CC2CCC[C@@H]2N1. The third-order valence-corrected chi connectivity index (χ3v) is 2.82. The number of fused-ring (bicyclic) bond motifs is 1. The Hall–Kier alpha value is -0.770. The zero-order valence-electron chi connectivity index (χ0n) is 6.82. The normalized spacial score (nSPS) is 39.5. The molecule has 2 unspecified atom stereocenters. The Morgan fingerprint density at radius 3 is 3.00 bits per heavy atom. The highest BCUT2D eigenvalue weighted by molar-refractivity contribution is 5.57. The van der Waals surface area contributed by atoms with Gasteiger partial charge in [0.2, 0.25) is 0 Å². The Kier molecular flexibility index (Phi) is 1.92. The molecular formula is C8H13NO3. The van der Waals surface area contributed by atoms with Crippen LogP contribution in [0.2, 0.25) is 0 Å². The lowest BCUT2D eigenvalue weighted by Crippen LogP contribution is -2.32. The van der Waals surface area contributed by atoms with Gasteiger partial charge in [-0.25, -0.2) is 4.79 Å². The fourth-order valence-corrected chi connectivity index (χ4v) is 2.32. The van der Waals surface area contributed by atoms with Crippen LogP contribution in [0.1, 0.15) is 25.7 Å². The topological polar surface area (TPSA) is 58.6 Å². The van der Waals surface area contributed by atoms with Gasteiger partial charge in [-0.1, -0.05) is 6.42 Å². The molecule has 0 aromatic rings. The molecule has 68 valence electrons. The van der Waals surface area contributed by atoms with Gasteiger partial charge in [0.05, 0.1) is 0 Å². The Labute approximate surface area is 70.9 Å². The van der Waals surface area contributed by atoms with E-state index in [1.54, 1.807) is 0 Å². The predicted octanol–water partition coefficient (Wildman–Crippen LogP) is 1.17. The van der Waals surface area contributed by atoms with Gasteiger partial charge in [0.25, 0.3) is 0 Å². The molecule has 3 atom stereocenters. The molecule has 2 fully saturated rings. The van der Waals surface area contributed by atoms with Gasteiger partial charge in [-0.15, -0.1) is 0 Å². The van der Waals surface area contributed by atoms with Crippen molar-refractivity contribution in [3.05, 3.63) is 0 Å². The van der Waals surface area contributed by atoms with Crippen LogP contribution in [0, 0.1) is 5.92 Å². The number of carboxylic acid groups (broad SMARTS) is 1. The van der Waals surface area contributed by atoms with Crippen molar-refractivity contribution in [3.8, 4) is 0 Å². The van der Waals surface area contributed by atoms with Gasteiger partial charge in [-0.05, 0) is 18.8 Å². The smallest absolute Gasteiger partial charge is 0.450 e. The maximum absolute atomic E-state index is 10.2. The van der Waals surface area contributed by atoms with E-state index in [0.717, 1.165) is 6.42 Å². The van der Waals surface area contributed by atoms with Crippen LogP contribution >= 0.6 is 0 Å². The number of carbonyl (C=O) groups is 1. The summed E-state index contributed by atoms with van der Waals surface area (Å²) in [6.45, 7) is 0. The molecule has 1 saturated carbocycles. The van der Waals surface area contributed by atoms with Crippen molar-refractivity contribution in [2.75, 3.05) is 0 Å². The summed E-state index contributed by atoms with van der Waals surface area (Å²) in [5.74, 6) is 0.648. The fraction of sp³-hybridized carbons (Fsp3) is 0.875. The maximum Gasteiger partial charge on any atom is 0.507 e. The van der Waals surface area contributed by atoms with E-state index >= 15 is 0 Å². The predicted molar refractivity (Wildman–Crippen MR) is 41.8 cm³/mol. The Balaban J connectivity index is 1.86. The summed E-state index contributed by atoms with van der Waals surface area (Å²) in [4.78, 5) is 10.2. The highest BCUT2D eigenvalue weighted by atomic mass is 16.7. The van der Waals surface area contributed by atoms with E-state index < -0.39 is 6.16 Å². The quantitative estimate of drug-likeness (QED) is 0.581. The summed E-state index contributed by atoms with van der Waals surface area (Å²) in [7, 11) is 0. The van der Waals surface area contributed by atoms with E-state index in [-0.39, 0.29) is 6.23 Å². The first-order chi connectivity index (χ1) is 5.75. The molecular weight excluding hydrogens is 158 g/mol. The third kappa shape index (κ3) is 1.39. The van der Waals surface area contributed by atoms with Crippen molar-refractivity contribution in [1.82, 2.24) is 5.32 Å². The number of hydrogen-bond acceptors (Lipinski definition) is 3. The van der Waals surface area contributed by atoms with E-state index in [2.05, 4.69) is 10.1 Å². The molecule has 1 aliphatic carbocycles. The largest absolute Gasteiger partial charge is 0.507 e. The lowest BCUT2D eigenvalue weighted by atomic mass is 10.0. The van der Waals surface area contributed by atoms with E-state index in [1.807, 2.05) is 0 Å². The van der Waals surface area contributed by atoms with Crippen molar-refractivity contribution in [3.63, 3.8) is 0 Å². The second-order valence-corrected chi connectivity index (χ2v) is 3.57. The van der Waals surface area contributed by atoms with Gasteiger partial charge in [-0.2, -0.15) is 0 Å². The summed E-state index contributed by atoms with van der Waals surface area (Å²) in [5.41, 5.74) is 0. The molecule has 1 heterocycles. The second kappa shape index (κ2) is 2.94. The summed E-state index contributed by atoms with van der Waals surface area (Å²) in [6.07, 6.45) is 3.09. The highest BCUT2D eigenvalue weighted by Gasteiger charge is 2.38. The van der Waals surface area contributed by atoms with Crippen molar-refractivity contribution in [1.29, 1.82) is 0 Å². The van der Waals surface area contributed by atoms with Crippen LogP contribution in [0.5, 0.6) is 0 Å². The van der Waals surface area contributed by atoms with Gasteiger partial charge >= 0.3 is 6.16 Å². The van der Waals surface area contributed by atoms with E-state index in [9.17, 15) is 4.79 Å². The van der Waals surface area contributed by atoms with Gasteiger partial charge in [0, 0.05) is 12.5 Å². The van der Waals surface area contributed by atoms with Crippen LogP contribution < -0.4 is 5.32 Å². The average molecular weight is 171 g/mol. The molecule has 12 heavy (non-hydrogen) atoms. The number of hydrogen-bond donors (Lipinski definition) is 2. The van der Waals surface area contributed by atoms with Crippen LogP contribution in [0.3, 0.4) is 0 Å². The lowest BCUT2D eigenvalue weighted by Gasteiger charge is -2.10. The maximum atomic E-state index is 10.2. The van der Waals surface area contributed by atoms with Gasteiger partial charge < -0.3 is 9.84 Å². The third-order valence-electron chi connectivity index (χ3n) is 2.82. The van der Waals surface area contributed by atoms with E-state index in [0.29, 0.717) is 12.0 Å². The average Bonchev–Trinajstić information content (AvgIpc) is 2.43. The monoisotopic (exact) mass is 171 g/mol. The summed E-state index contributed by atoms with van der Waals surface area (Å²) in [5, 5.41) is 11.6. The lowest BCUT2D eigenvalue weighted by molar-refractivity contribution is 0.0420. The van der Waals surface area contributed by atoms with Crippen molar-refractivity contribution in [2.45, 2.75) is 38.0 Å². The van der Waals surface area contributed by atoms with Gasteiger partial charge in [0.15, 0.2) is 6.23 Å². The van der Waals surface area contributed by atoms with Crippen LogP contribution in [0.15, 0.2) is 0 Å². The molecule has 0 bridgehead atoms. The molecule has 4 nitrogen and oxygen atoms in total. The Morgan fingerprint density at radius 2 is 2.33 bits per heavy atom. The van der Waals surface area contributed by atoms with Crippen molar-refractivity contribution >= 4 is 6.16 Å². The Bertz CT molecular complexity index is 183. The zero-order chi connectivity index (χ0) is 8.55. The molecule has 0 radical (unpaired) electrons. The first kappa shape index (κ1) is 7.86. The minimum absolute atomic E-state index is 0.252. The molecule has 0 aromatic heterocycles. The summed E-state index contributed by atoms with van der Waals surface area (Å²) >= 11 is 0. The minimum Gasteiger partial charge on any atom is -0.450 e. The van der Waals surface area contributed by atoms with E-state index in [4.69, 9.17) is 5.11 Å². The fourth-order valence-electron chi connectivity index (χ4n) is 2.32.